The van der Waals surface area contributed by atoms with Gasteiger partial charge < -0.3 is 4.74 Å². The van der Waals surface area contributed by atoms with E-state index in [1.807, 2.05) is 0 Å². The summed E-state index contributed by atoms with van der Waals surface area (Å²) < 4.78 is 18.7. The molecular weight excluding hydrogens is 221 g/mol. The fourth-order valence-corrected chi connectivity index (χ4v) is 2.07. The van der Waals surface area contributed by atoms with Crippen LogP contribution in [0.4, 0.5) is 4.39 Å². The molecule has 1 saturated heterocycles. The molecular formula is C13H16FNO2. The van der Waals surface area contributed by atoms with Crippen LogP contribution in [0.5, 0.6) is 0 Å². The van der Waals surface area contributed by atoms with Gasteiger partial charge in [0, 0.05) is 19.2 Å². The number of carbonyl (C=O) groups is 1. The molecule has 0 N–H and O–H groups in total. The van der Waals surface area contributed by atoms with Crippen molar-refractivity contribution in [3.8, 4) is 0 Å². The number of halogens is 1. The quantitative estimate of drug-likeness (QED) is 0.739. The first kappa shape index (κ1) is 12.2. The lowest BCUT2D eigenvalue weighted by Crippen LogP contribution is -2.08. The average Bonchev–Trinajstić information content (AvgIpc) is 2.82. The summed E-state index contributed by atoms with van der Waals surface area (Å²) in [5.41, 5.74) is -0.0418. The van der Waals surface area contributed by atoms with Gasteiger partial charge in [-0.15, -0.1) is 0 Å². The van der Waals surface area contributed by atoms with E-state index in [0.29, 0.717) is 6.42 Å². The van der Waals surface area contributed by atoms with Gasteiger partial charge in [-0.2, -0.15) is 0 Å². The molecule has 17 heavy (non-hydrogen) atoms. The lowest BCUT2D eigenvalue weighted by Gasteiger charge is -2.08. The molecule has 1 aromatic rings. The predicted octanol–water partition coefficient (Wildman–Crippen LogP) is 2.75. The smallest absolute Gasteiger partial charge is 0.184 e. The highest BCUT2D eigenvalue weighted by atomic mass is 19.1. The van der Waals surface area contributed by atoms with Crippen molar-refractivity contribution in [3.63, 3.8) is 0 Å². The average molecular weight is 237 g/mol. The number of ether oxygens (including phenoxy) is 1. The monoisotopic (exact) mass is 237 g/mol. The van der Waals surface area contributed by atoms with E-state index in [1.165, 1.54) is 18.3 Å². The van der Waals surface area contributed by atoms with Gasteiger partial charge in [0.15, 0.2) is 11.6 Å². The lowest BCUT2D eigenvalue weighted by atomic mass is 10.1. The molecule has 1 aliphatic heterocycles. The highest BCUT2D eigenvalue weighted by molar-refractivity contribution is 5.94. The highest BCUT2D eigenvalue weighted by Crippen LogP contribution is 2.18. The van der Waals surface area contributed by atoms with Crippen molar-refractivity contribution in [2.45, 2.75) is 38.2 Å². The molecule has 0 saturated carbocycles. The Morgan fingerprint density at radius 1 is 1.59 bits per heavy atom. The van der Waals surface area contributed by atoms with Crippen molar-refractivity contribution in [3.05, 3.63) is 29.8 Å². The maximum Gasteiger partial charge on any atom is 0.184 e. The third-order valence-electron chi connectivity index (χ3n) is 2.98. The second-order valence-electron chi connectivity index (χ2n) is 4.28. The Bertz CT molecular complexity index is 389. The molecule has 1 aromatic heterocycles. The van der Waals surface area contributed by atoms with E-state index in [-0.39, 0.29) is 17.6 Å². The number of rotatable bonds is 5. The first-order valence-electron chi connectivity index (χ1n) is 6.02. The van der Waals surface area contributed by atoms with Gasteiger partial charge in [0.25, 0.3) is 0 Å². The Kier molecular flexibility index (Phi) is 4.20. The van der Waals surface area contributed by atoms with Crippen molar-refractivity contribution in [1.82, 2.24) is 4.98 Å². The Morgan fingerprint density at radius 3 is 3.18 bits per heavy atom. The molecule has 1 fully saturated rings. The van der Waals surface area contributed by atoms with E-state index in [9.17, 15) is 9.18 Å². The van der Waals surface area contributed by atoms with Crippen LogP contribution in [0.3, 0.4) is 0 Å². The molecule has 1 aliphatic rings. The summed E-state index contributed by atoms with van der Waals surface area (Å²) in [4.78, 5) is 15.5. The molecule has 0 aromatic carbocycles. The van der Waals surface area contributed by atoms with Crippen LogP contribution >= 0.6 is 0 Å². The Labute approximate surface area is 100 Å². The molecule has 3 nitrogen and oxygen atoms in total. The van der Waals surface area contributed by atoms with Gasteiger partial charge in [-0.05, 0) is 37.8 Å². The summed E-state index contributed by atoms with van der Waals surface area (Å²) in [6.07, 6.45) is 5.86. The first-order valence-corrected chi connectivity index (χ1v) is 6.02. The van der Waals surface area contributed by atoms with Crippen molar-refractivity contribution in [1.29, 1.82) is 0 Å². The number of hydrogen-bond donors (Lipinski definition) is 0. The van der Waals surface area contributed by atoms with Crippen LogP contribution < -0.4 is 0 Å². The zero-order chi connectivity index (χ0) is 12.1. The second kappa shape index (κ2) is 5.87. The van der Waals surface area contributed by atoms with E-state index in [4.69, 9.17) is 4.74 Å². The normalized spacial score (nSPS) is 19.5. The predicted molar refractivity (Wildman–Crippen MR) is 61.4 cm³/mol. The van der Waals surface area contributed by atoms with Gasteiger partial charge >= 0.3 is 0 Å². The molecule has 92 valence electrons. The summed E-state index contributed by atoms with van der Waals surface area (Å²) in [5, 5.41) is 0. The van der Waals surface area contributed by atoms with Gasteiger partial charge in [0.05, 0.1) is 6.10 Å². The number of aromatic nitrogens is 1. The Hall–Kier alpha value is -1.29. The maximum absolute atomic E-state index is 13.3. The second-order valence-corrected chi connectivity index (χ2v) is 4.28. The van der Waals surface area contributed by atoms with Crippen LogP contribution in [0.1, 0.15) is 42.6 Å². The molecule has 4 heteroatoms. The van der Waals surface area contributed by atoms with Crippen LogP contribution in [-0.2, 0) is 4.74 Å². The van der Waals surface area contributed by atoms with Crippen LogP contribution in [0.2, 0.25) is 0 Å². The van der Waals surface area contributed by atoms with Crippen molar-refractivity contribution in [2.75, 3.05) is 6.61 Å². The number of Topliss-reactive ketones (excluding diaryl/α,β-unsaturated/α-hetero) is 1. The van der Waals surface area contributed by atoms with Gasteiger partial charge in [0.2, 0.25) is 0 Å². The summed E-state index contributed by atoms with van der Waals surface area (Å²) >= 11 is 0. The first-order chi connectivity index (χ1) is 8.27. The maximum atomic E-state index is 13.3. The Morgan fingerprint density at radius 2 is 2.47 bits per heavy atom. The van der Waals surface area contributed by atoms with E-state index in [2.05, 4.69) is 4.98 Å². The number of nitrogens with zero attached hydrogens (tertiary/aromatic N) is 1. The molecule has 1 unspecified atom stereocenters. The number of carbonyl (C=O) groups excluding carboxylic acids is 1. The summed E-state index contributed by atoms with van der Waals surface area (Å²) in [5.74, 6) is -0.754. The van der Waals surface area contributed by atoms with Gasteiger partial charge in [-0.1, -0.05) is 0 Å². The topological polar surface area (TPSA) is 39.2 Å². The molecule has 0 aliphatic carbocycles. The van der Waals surface area contributed by atoms with E-state index >= 15 is 0 Å². The number of pyridine rings is 1. The minimum absolute atomic E-state index is 0.0418. The molecule has 2 heterocycles. The number of ketones is 1. The minimum Gasteiger partial charge on any atom is -0.378 e. The van der Waals surface area contributed by atoms with Crippen LogP contribution in [0, 0.1) is 5.82 Å². The van der Waals surface area contributed by atoms with E-state index in [1.54, 1.807) is 0 Å². The van der Waals surface area contributed by atoms with Crippen molar-refractivity contribution in [2.24, 2.45) is 0 Å². The molecule has 0 radical (unpaired) electrons. The fraction of sp³-hybridized carbons (Fsp3) is 0.538. The van der Waals surface area contributed by atoms with Crippen LogP contribution in [0.15, 0.2) is 18.3 Å². The third-order valence-corrected chi connectivity index (χ3v) is 2.98. The summed E-state index contributed by atoms with van der Waals surface area (Å²) in [6.45, 7) is 0.827. The summed E-state index contributed by atoms with van der Waals surface area (Å²) in [7, 11) is 0. The lowest BCUT2D eigenvalue weighted by molar-refractivity contribution is 0.0916. The zero-order valence-corrected chi connectivity index (χ0v) is 9.69. The highest BCUT2D eigenvalue weighted by Gasteiger charge is 2.17. The molecule has 0 bridgehead atoms. The molecule has 2 rings (SSSR count). The third kappa shape index (κ3) is 3.33. The SMILES string of the molecule is O=C(CCCC1CCCO1)c1ncccc1F. The van der Waals surface area contributed by atoms with Crippen molar-refractivity contribution >= 4 is 5.78 Å². The fourth-order valence-electron chi connectivity index (χ4n) is 2.07. The Balaban J connectivity index is 1.79. The largest absolute Gasteiger partial charge is 0.378 e. The molecule has 0 amide bonds. The van der Waals surface area contributed by atoms with E-state index in [0.717, 1.165) is 32.3 Å². The number of hydrogen-bond acceptors (Lipinski definition) is 3. The van der Waals surface area contributed by atoms with Crippen LogP contribution in [0.25, 0.3) is 0 Å². The molecule has 1 atom stereocenters. The van der Waals surface area contributed by atoms with Gasteiger partial charge in [-0.3, -0.25) is 9.78 Å². The standard InChI is InChI=1S/C13H16FNO2/c14-11-6-2-8-15-13(11)12(16)7-1-4-10-5-3-9-17-10/h2,6,8,10H,1,3-5,7,9H2. The summed E-state index contributed by atoms with van der Waals surface area (Å²) in [6, 6.07) is 2.75. The van der Waals surface area contributed by atoms with Gasteiger partial charge in [-0.25, -0.2) is 4.39 Å². The minimum atomic E-state index is -0.533. The van der Waals surface area contributed by atoms with Gasteiger partial charge in [0.1, 0.15) is 5.69 Å². The van der Waals surface area contributed by atoms with Crippen LogP contribution in [-0.4, -0.2) is 23.5 Å². The molecule has 0 spiro atoms. The zero-order valence-electron chi connectivity index (χ0n) is 9.69. The van der Waals surface area contributed by atoms with Crippen molar-refractivity contribution < 1.29 is 13.9 Å². The van der Waals surface area contributed by atoms with E-state index < -0.39 is 5.82 Å².